The highest BCUT2D eigenvalue weighted by molar-refractivity contribution is 7.09. The van der Waals surface area contributed by atoms with E-state index in [9.17, 15) is 4.79 Å². The van der Waals surface area contributed by atoms with E-state index in [1.165, 1.54) is 5.56 Å². The fourth-order valence-corrected chi connectivity index (χ4v) is 3.45. The first-order valence-electron chi connectivity index (χ1n) is 6.70. The van der Waals surface area contributed by atoms with E-state index < -0.39 is 0 Å². The summed E-state index contributed by atoms with van der Waals surface area (Å²) in [5, 5.41) is 3.04. The molecule has 0 unspecified atom stereocenters. The van der Waals surface area contributed by atoms with E-state index in [4.69, 9.17) is 0 Å². The van der Waals surface area contributed by atoms with Gasteiger partial charge in [0.25, 0.3) is 0 Å². The summed E-state index contributed by atoms with van der Waals surface area (Å²) in [6.45, 7) is 1.98. The van der Waals surface area contributed by atoms with Crippen LogP contribution in [0.15, 0.2) is 35.7 Å². The van der Waals surface area contributed by atoms with E-state index in [-0.39, 0.29) is 5.41 Å². The smallest absolute Gasteiger partial charge is 0.149 e. The zero-order valence-electron chi connectivity index (χ0n) is 11.1. The number of Topliss-reactive ketones (excluding diaryl/α,β-unsaturated/α-hetero) is 1. The van der Waals surface area contributed by atoms with Crippen LogP contribution in [0.4, 0.5) is 0 Å². The summed E-state index contributed by atoms with van der Waals surface area (Å²) in [5.74, 6) is 0.329. The lowest BCUT2D eigenvalue weighted by atomic mass is 9.61. The van der Waals surface area contributed by atoms with E-state index in [1.54, 1.807) is 11.3 Å². The summed E-state index contributed by atoms with van der Waals surface area (Å²) in [4.78, 5) is 17.1. The fraction of sp³-hybridized carbons (Fsp3) is 0.375. The average Bonchev–Trinajstić information content (AvgIpc) is 2.75. The Bertz CT molecular complexity index is 584. The lowest BCUT2D eigenvalue weighted by molar-refractivity contribution is -0.127. The van der Waals surface area contributed by atoms with Crippen molar-refractivity contribution in [2.24, 2.45) is 0 Å². The van der Waals surface area contributed by atoms with Gasteiger partial charge < -0.3 is 0 Å². The predicted molar refractivity (Wildman–Crippen MR) is 77.5 cm³/mol. The zero-order chi connectivity index (χ0) is 13.3. The quantitative estimate of drug-likeness (QED) is 0.849. The number of aryl methyl sites for hydroxylation is 1. The lowest BCUT2D eigenvalue weighted by Gasteiger charge is -2.41. The zero-order valence-corrected chi connectivity index (χ0v) is 11.9. The maximum Gasteiger partial charge on any atom is 0.149 e. The van der Waals surface area contributed by atoms with Crippen LogP contribution in [-0.2, 0) is 16.6 Å². The summed E-state index contributed by atoms with van der Waals surface area (Å²) < 4.78 is 0. The Morgan fingerprint density at radius 3 is 2.58 bits per heavy atom. The molecule has 2 nitrogen and oxygen atoms in total. The van der Waals surface area contributed by atoms with Crippen molar-refractivity contribution in [1.29, 1.82) is 0 Å². The Morgan fingerprint density at radius 2 is 2.05 bits per heavy atom. The van der Waals surface area contributed by atoms with Gasteiger partial charge in [-0.3, -0.25) is 4.79 Å². The van der Waals surface area contributed by atoms with Crippen molar-refractivity contribution < 1.29 is 4.79 Å². The minimum atomic E-state index is -0.237. The highest BCUT2D eigenvalue weighted by Crippen LogP contribution is 2.45. The van der Waals surface area contributed by atoms with Gasteiger partial charge in [0.2, 0.25) is 0 Å². The molecule has 1 aromatic heterocycles. The molecule has 1 heterocycles. The number of carbonyl (C=O) groups is 1. The molecule has 1 fully saturated rings. The van der Waals surface area contributed by atoms with Crippen molar-refractivity contribution in [2.75, 3.05) is 0 Å². The third-order valence-electron chi connectivity index (χ3n) is 4.08. The van der Waals surface area contributed by atoms with Crippen LogP contribution < -0.4 is 0 Å². The molecule has 0 saturated heterocycles. The lowest BCUT2D eigenvalue weighted by Crippen LogP contribution is -2.43. The number of rotatable bonds is 4. The van der Waals surface area contributed by atoms with E-state index >= 15 is 0 Å². The standard InChI is InChI=1S/C16H17NOS/c1-12-17-14(11-19-12)10-15(18)16(8-5-9-16)13-6-3-2-4-7-13/h2-4,6-7,11H,5,8-10H2,1H3. The summed E-state index contributed by atoms with van der Waals surface area (Å²) in [7, 11) is 0. The molecule has 3 rings (SSSR count). The van der Waals surface area contributed by atoms with E-state index in [0.717, 1.165) is 30.0 Å². The Labute approximate surface area is 117 Å². The van der Waals surface area contributed by atoms with Gasteiger partial charge in [0.05, 0.1) is 22.5 Å². The van der Waals surface area contributed by atoms with Crippen LogP contribution in [0, 0.1) is 6.92 Å². The molecule has 98 valence electrons. The number of thiazole rings is 1. The molecular weight excluding hydrogens is 254 g/mol. The number of nitrogens with zero attached hydrogens (tertiary/aromatic N) is 1. The average molecular weight is 271 g/mol. The van der Waals surface area contributed by atoms with Crippen LogP contribution in [0.1, 0.15) is 35.5 Å². The SMILES string of the molecule is Cc1nc(CC(=O)C2(c3ccccc3)CCC2)cs1. The molecule has 1 aromatic carbocycles. The number of benzene rings is 1. The maximum atomic E-state index is 12.7. The molecule has 0 bridgehead atoms. The largest absolute Gasteiger partial charge is 0.298 e. The molecule has 0 aliphatic heterocycles. The number of hydrogen-bond donors (Lipinski definition) is 0. The van der Waals surface area contributed by atoms with Crippen LogP contribution >= 0.6 is 11.3 Å². The van der Waals surface area contributed by atoms with Crippen molar-refractivity contribution in [1.82, 2.24) is 4.98 Å². The van der Waals surface area contributed by atoms with Crippen LogP contribution in [0.2, 0.25) is 0 Å². The minimum Gasteiger partial charge on any atom is -0.298 e. The monoisotopic (exact) mass is 271 g/mol. The molecule has 1 aliphatic carbocycles. The van der Waals surface area contributed by atoms with Crippen LogP contribution in [-0.4, -0.2) is 10.8 Å². The summed E-state index contributed by atoms with van der Waals surface area (Å²) in [6.07, 6.45) is 3.59. The molecule has 2 aromatic rings. The fourth-order valence-electron chi connectivity index (χ4n) is 2.84. The molecule has 0 radical (unpaired) electrons. The van der Waals surface area contributed by atoms with Crippen molar-refractivity contribution in [3.05, 3.63) is 52.0 Å². The highest BCUT2D eigenvalue weighted by Gasteiger charge is 2.44. The third kappa shape index (κ3) is 2.23. The Hall–Kier alpha value is -1.48. The van der Waals surface area contributed by atoms with Gasteiger partial charge >= 0.3 is 0 Å². The van der Waals surface area contributed by atoms with Gasteiger partial charge in [-0.05, 0) is 25.3 Å². The van der Waals surface area contributed by atoms with Gasteiger partial charge in [-0.15, -0.1) is 11.3 Å². The highest BCUT2D eigenvalue weighted by atomic mass is 32.1. The molecular formula is C16H17NOS. The normalized spacial score (nSPS) is 16.9. The molecule has 3 heteroatoms. The number of carbonyl (C=O) groups excluding carboxylic acids is 1. The summed E-state index contributed by atoms with van der Waals surface area (Å²) >= 11 is 1.62. The van der Waals surface area contributed by atoms with Gasteiger partial charge in [0, 0.05) is 5.38 Å². The van der Waals surface area contributed by atoms with Crippen molar-refractivity contribution in [2.45, 2.75) is 38.0 Å². The van der Waals surface area contributed by atoms with E-state index in [0.29, 0.717) is 12.2 Å². The van der Waals surface area contributed by atoms with E-state index in [2.05, 4.69) is 17.1 Å². The molecule has 0 atom stereocenters. The van der Waals surface area contributed by atoms with Gasteiger partial charge in [-0.2, -0.15) is 0 Å². The first kappa shape index (κ1) is 12.5. The summed E-state index contributed by atoms with van der Waals surface area (Å²) in [6, 6.07) is 10.2. The molecule has 0 N–H and O–H groups in total. The molecule has 1 saturated carbocycles. The first-order valence-corrected chi connectivity index (χ1v) is 7.58. The van der Waals surface area contributed by atoms with E-state index in [1.807, 2.05) is 30.5 Å². The predicted octanol–water partition coefficient (Wildman–Crippen LogP) is 3.69. The van der Waals surface area contributed by atoms with Gasteiger partial charge in [0.1, 0.15) is 5.78 Å². The number of aromatic nitrogens is 1. The third-order valence-corrected chi connectivity index (χ3v) is 4.90. The Morgan fingerprint density at radius 1 is 1.32 bits per heavy atom. The van der Waals surface area contributed by atoms with Gasteiger partial charge in [-0.25, -0.2) is 4.98 Å². The molecule has 0 spiro atoms. The Kier molecular flexibility index (Phi) is 3.23. The number of hydrogen-bond acceptors (Lipinski definition) is 3. The van der Waals surface area contributed by atoms with Crippen molar-refractivity contribution in [3.63, 3.8) is 0 Å². The molecule has 1 aliphatic rings. The van der Waals surface area contributed by atoms with Crippen LogP contribution in [0.5, 0.6) is 0 Å². The van der Waals surface area contributed by atoms with Gasteiger partial charge in [0.15, 0.2) is 0 Å². The second-order valence-electron chi connectivity index (χ2n) is 5.26. The molecule has 0 amide bonds. The van der Waals surface area contributed by atoms with Crippen molar-refractivity contribution in [3.8, 4) is 0 Å². The van der Waals surface area contributed by atoms with Crippen LogP contribution in [0.3, 0.4) is 0 Å². The second kappa shape index (κ2) is 4.89. The van der Waals surface area contributed by atoms with Crippen molar-refractivity contribution >= 4 is 17.1 Å². The summed E-state index contributed by atoms with van der Waals surface area (Å²) in [5.41, 5.74) is 1.87. The molecule has 19 heavy (non-hydrogen) atoms. The topological polar surface area (TPSA) is 30.0 Å². The minimum absolute atomic E-state index is 0.237. The Balaban J connectivity index is 1.84. The maximum absolute atomic E-state index is 12.7. The van der Waals surface area contributed by atoms with Crippen LogP contribution in [0.25, 0.3) is 0 Å². The number of ketones is 1. The second-order valence-corrected chi connectivity index (χ2v) is 6.32. The van der Waals surface area contributed by atoms with Gasteiger partial charge in [-0.1, -0.05) is 36.8 Å². The first-order chi connectivity index (χ1) is 9.21.